The van der Waals surface area contributed by atoms with Crippen LogP contribution in [0.1, 0.15) is 5.82 Å². The van der Waals surface area contributed by atoms with Crippen LogP contribution in [-0.2, 0) is 0 Å². The van der Waals surface area contributed by atoms with Crippen molar-refractivity contribution in [2.45, 2.75) is 6.92 Å². The normalized spacial score (nSPS) is 10.2. The van der Waals surface area contributed by atoms with Gasteiger partial charge in [0.15, 0.2) is 0 Å². The molecule has 94 valence electrons. The minimum atomic E-state index is -0.185. The lowest BCUT2D eigenvalue weighted by Crippen LogP contribution is -2.08. The van der Waals surface area contributed by atoms with E-state index < -0.39 is 0 Å². The molecule has 0 aliphatic rings. The Hall–Kier alpha value is -2.30. The van der Waals surface area contributed by atoms with Gasteiger partial charge in [0.25, 0.3) is 5.56 Å². The SMILES string of the molecule is COc1ccc(-c2cc(=O)[nH]c(C)n2)c(OC)c1. The number of methoxy groups -OCH3 is 2. The van der Waals surface area contributed by atoms with Gasteiger partial charge in [0.2, 0.25) is 0 Å². The summed E-state index contributed by atoms with van der Waals surface area (Å²) in [4.78, 5) is 18.3. The van der Waals surface area contributed by atoms with E-state index in [2.05, 4.69) is 9.97 Å². The third-order valence-corrected chi connectivity index (χ3v) is 2.54. The van der Waals surface area contributed by atoms with Gasteiger partial charge in [-0.25, -0.2) is 4.98 Å². The zero-order valence-corrected chi connectivity index (χ0v) is 10.5. The zero-order chi connectivity index (χ0) is 13.1. The first kappa shape index (κ1) is 12.2. The number of aryl methyl sites for hydroxylation is 1. The Bertz CT molecular complexity index is 620. The molecule has 5 heteroatoms. The van der Waals surface area contributed by atoms with E-state index in [1.807, 2.05) is 6.07 Å². The lowest BCUT2D eigenvalue weighted by Gasteiger charge is -2.10. The highest BCUT2D eigenvalue weighted by Gasteiger charge is 2.09. The average Bonchev–Trinajstić information content (AvgIpc) is 2.36. The number of hydrogen-bond acceptors (Lipinski definition) is 4. The van der Waals surface area contributed by atoms with E-state index in [9.17, 15) is 4.79 Å². The number of ether oxygens (including phenoxy) is 2. The number of H-pyrrole nitrogens is 1. The topological polar surface area (TPSA) is 64.2 Å². The summed E-state index contributed by atoms with van der Waals surface area (Å²) in [7, 11) is 3.16. The molecule has 0 unspecified atom stereocenters. The van der Waals surface area contributed by atoms with Crippen LogP contribution in [0.25, 0.3) is 11.3 Å². The molecule has 0 aliphatic carbocycles. The van der Waals surface area contributed by atoms with Crippen molar-refractivity contribution in [3.63, 3.8) is 0 Å². The first-order valence-electron chi connectivity index (χ1n) is 5.44. The summed E-state index contributed by atoms with van der Waals surface area (Å²) >= 11 is 0. The minimum absolute atomic E-state index is 0.185. The summed E-state index contributed by atoms with van der Waals surface area (Å²) in [6.07, 6.45) is 0. The molecule has 0 saturated carbocycles. The van der Waals surface area contributed by atoms with E-state index in [-0.39, 0.29) is 5.56 Å². The smallest absolute Gasteiger partial charge is 0.251 e. The fourth-order valence-corrected chi connectivity index (χ4v) is 1.73. The molecule has 0 spiro atoms. The summed E-state index contributed by atoms with van der Waals surface area (Å²) in [6.45, 7) is 1.74. The molecule has 5 nitrogen and oxygen atoms in total. The fraction of sp³-hybridized carbons (Fsp3) is 0.231. The van der Waals surface area contributed by atoms with Crippen LogP contribution in [0, 0.1) is 6.92 Å². The summed E-state index contributed by atoms with van der Waals surface area (Å²) in [5.74, 6) is 1.87. The summed E-state index contributed by atoms with van der Waals surface area (Å²) < 4.78 is 10.4. The highest BCUT2D eigenvalue weighted by atomic mass is 16.5. The molecule has 18 heavy (non-hydrogen) atoms. The van der Waals surface area contributed by atoms with Gasteiger partial charge in [0.1, 0.15) is 17.3 Å². The monoisotopic (exact) mass is 246 g/mol. The maximum absolute atomic E-state index is 11.4. The van der Waals surface area contributed by atoms with E-state index in [4.69, 9.17) is 9.47 Å². The van der Waals surface area contributed by atoms with Crippen molar-refractivity contribution in [3.05, 3.63) is 40.4 Å². The second-order valence-electron chi connectivity index (χ2n) is 3.78. The van der Waals surface area contributed by atoms with Crippen LogP contribution in [0.3, 0.4) is 0 Å². The molecule has 0 aliphatic heterocycles. The van der Waals surface area contributed by atoms with Crippen LogP contribution in [0.15, 0.2) is 29.1 Å². The van der Waals surface area contributed by atoms with Crippen molar-refractivity contribution in [3.8, 4) is 22.8 Å². The predicted octanol–water partition coefficient (Wildman–Crippen LogP) is 1.76. The van der Waals surface area contributed by atoms with Crippen LogP contribution in [0.2, 0.25) is 0 Å². The van der Waals surface area contributed by atoms with Gasteiger partial charge in [0, 0.05) is 17.7 Å². The Morgan fingerprint density at radius 2 is 1.94 bits per heavy atom. The molecule has 1 N–H and O–H groups in total. The van der Waals surface area contributed by atoms with Crippen molar-refractivity contribution in [2.24, 2.45) is 0 Å². The second kappa shape index (κ2) is 4.91. The largest absolute Gasteiger partial charge is 0.497 e. The third kappa shape index (κ3) is 2.34. The molecular formula is C13H14N2O3. The van der Waals surface area contributed by atoms with Gasteiger partial charge >= 0.3 is 0 Å². The number of nitrogens with one attached hydrogen (secondary N) is 1. The third-order valence-electron chi connectivity index (χ3n) is 2.54. The molecule has 0 fully saturated rings. The molecule has 1 heterocycles. The molecule has 0 atom stereocenters. The van der Waals surface area contributed by atoms with Gasteiger partial charge in [-0.3, -0.25) is 4.79 Å². The van der Waals surface area contributed by atoms with Crippen LogP contribution < -0.4 is 15.0 Å². The van der Waals surface area contributed by atoms with E-state index >= 15 is 0 Å². The first-order chi connectivity index (χ1) is 8.63. The van der Waals surface area contributed by atoms with Crippen LogP contribution >= 0.6 is 0 Å². The lowest BCUT2D eigenvalue weighted by atomic mass is 10.1. The molecule has 2 aromatic rings. The van der Waals surface area contributed by atoms with E-state index in [0.29, 0.717) is 23.0 Å². The Morgan fingerprint density at radius 3 is 2.56 bits per heavy atom. The zero-order valence-electron chi connectivity index (χ0n) is 10.5. The Kier molecular flexibility index (Phi) is 3.32. The molecular weight excluding hydrogens is 232 g/mol. The lowest BCUT2D eigenvalue weighted by molar-refractivity contribution is 0.395. The number of rotatable bonds is 3. The van der Waals surface area contributed by atoms with Gasteiger partial charge in [-0.15, -0.1) is 0 Å². The van der Waals surface area contributed by atoms with Gasteiger partial charge in [-0.1, -0.05) is 0 Å². The van der Waals surface area contributed by atoms with Gasteiger partial charge in [0.05, 0.1) is 19.9 Å². The van der Waals surface area contributed by atoms with Crippen molar-refractivity contribution < 1.29 is 9.47 Å². The molecule has 0 amide bonds. The Morgan fingerprint density at radius 1 is 1.17 bits per heavy atom. The highest BCUT2D eigenvalue weighted by molar-refractivity contribution is 5.68. The Balaban J connectivity index is 2.59. The van der Waals surface area contributed by atoms with E-state index in [1.54, 1.807) is 33.3 Å². The van der Waals surface area contributed by atoms with Crippen LogP contribution in [-0.4, -0.2) is 24.2 Å². The summed E-state index contributed by atoms with van der Waals surface area (Å²) in [5, 5.41) is 0. The molecule has 1 aromatic heterocycles. The minimum Gasteiger partial charge on any atom is -0.497 e. The number of benzene rings is 1. The Labute approximate surface area is 104 Å². The van der Waals surface area contributed by atoms with Gasteiger partial charge in [-0.05, 0) is 19.1 Å². The van der Waals surface area contributed by atoms with E-state index in [1.165, 1.54) is 6.07 Å². The number of aromatic amines is 1. The van der Waals surface area contributed by atoms with Gasteiger partial charge < -0.3 is 14.5 Å². The molecule has 2 rings (SSSR count). The van der Waals surface area contributed by atoms with Crippen molar-refractivity contribution in [2.75, 3.05) is 14.2 Å². The number of hydrogen-bond donors (Lipinski definition) is 1. The van der Waals surface area contributed by atoms with E-state index in [0.717, 1.165) is 5.56 Å². The second-order valence-corrected chi connectivity index (χ2v) is 3.78. The van der Waals surface area contributed by atoms with Crippen molar-refractivity contribution in [1.82, 2.24) is 9.97 Å². The standard InChI is InChI=1S/C13H14N2O3/c1-8-14-11(7-13(16)15-8)10-5-4-9(17-2)6-12(10)18-3/h4-7H,1-3H3,(H,14,15,16). The van der Waals surface area contributed by atoms with Crippen LogP contribution in [0.5, 0.6) is 11.5 Å². The van der Waals surface area contributed by atoms with Gasteiger partial charge in [-0.2, -0.15) is 0 Å². The average molecular weight is 246 g/mol. The predicted molar refractivity (Wildman–Crippen MR) is 68.1 cm³/mol. The maximum atomic E-state index is 11.4. The molecule has 0 radical (unpaired) electrons. The van der Waals surface area contributed by atoms with Crippen molar-refractivity contribution in [1.29, 1.82) is 0 Å². The molecule has 0 bridgehead atoms. The fourth-order valence-electron chi connectivity index (χ4n) is 1.73. The molecule has 0 saturated heterocycles. The summed E-state index contributed by atoms with van der Waals surface area (Å²) in [6, 6.07) is 6.82. The quantitative estimate of drug-likeness (QED) is 0.896. The first-order valence-corrected chi connectivity index (χ1v) is 5.44. The maximum Gasteiger partial charge on any atom is 0.251 e. The molecule has 1 aromatic carbocycles. The van der Waals surface area contributed by atoms with Crippen LogP contribution in [0.4, 0.5) is 0 Å². The highest BCUT2D eigenvalue weighted by Crippen LogP contribution is 2.31. The number of aromatic nitrogens is 2. The number of nitrogens with zero attached hydrogens (tertiary/aromatic N) is 1. The summed E-state index contributed by atoms with van der Waals surface area (Å²) in [5.41, 5.74) is 1.15. The van der Waals surface area contributed by atoms with Crippen molar-refractivity contribution >= 4 is 0 Å².